The third-order valence-corrected chi connectivity index (χ3v) is 2.50. The molecule has 0 aromatic heterocycles. The third kappa shape index (κ3) is 4.00. The lowest BCUT2D eigenvalue weighted by atomic mass is 9.88. The lowest BCUT2D eigenvalue weighted by Gasteiger charge is -2.40. The van der Waals surface area contributed by atoms with Crippen molar-refractivity contribution in [3.05, 3.63) is 0 Å². The lowest BCUT2D eigenvalue weighted by molar-refractivity contribution is -0.0472. The van der Waals surface area contributed by atoms with Crippen molar-refractivity contribution in [2.75, 3.05) is 13.1 Å². The van der Waals surface area contributed by atoms with Crippen molar-refractivity contribution in [2.24, 2.45) is 5.92 Å². The monoisotopic (exact) mass is 229 g/mol. The van der Waals surface area contributed by atoms with Crippen molar-refractivity contribution in [1.82, 2.24) is 4.90 Å². The van der Waals surface area contributed by atoms with Crippen LogP contribution in [-0.2, 0) is 4.74 Å². The third-order valence-electron chi connectivity index (χ3n) is 2.50. The van der Waals surface area contributed by atoms with Crippen LogP contribution in [0.15, 0.2) is 0 Å². The molecule has 1 N–H and O–H groups in total. The first-order chi connectivity index (χ1) is 7.09. The van der Waals surface area contributed by atoms with Crippen LogP contribution in [0.2, 0.25) is 0 Å². The predicted molar refractivity (Wildman–Crippen MR) is 62.2 cm³/mol. The van der Waals surface area contributed by atoms with Crippen LogP contribution < -0.4 is 0 Å². The number of β-amino-alcohol motifs (C(OH)–C–C–N with tert-alkyl or cyclic N) is 1. The van der Waals surface area contributed by atoms with Crippen molar-refractivity contribution in [3.8, 4) is 0 Å². The highest BCUT2D eigenvalue weighted by Gasteiger charge is 2.36. The highest BCUT2D eigenvalue weighted by molar-refractivity contribution is 5.68. The number of rotatable bonds is 0. The smallest absolute Gasteiger partial charge is 0.410 e. The van der Waals surface area contributed by atoms with Crippen LogP contribution in [0.1, 0.15) is 41.0 Å². The number of hydrogen-bond donors (Lipinski definition) is 1. The molecule has 16 heavy (non-hydrogen) atoms. The summed E-state index contributed by atoms with van der Waals surface area (Å²) in [5.74, 6) is 0.302. The van der Waals surface area contributed by atoms with E-state index < -0.39 is 11.2 Å². The number of likely N-dealkylation sites (tertiary alicyclic amines) is 1. The van der Waals surface area contributed by atoms with Crippen LogP contribution in [0.4, 0.5) is 4.79 Å². The first kappa shape index (κ1) is 13.3. The van der Waals surface area contributed by atoms with Crippen molar-refractivity contribution in [1.29, 1.82) is 0 Å². The van der Waals surface area contributed by atoms with Crippen molar-refractivity contribution >= 4 is 6.09 Å². The quantitative estimate of drug-likeness (QED) is 0.691. The molecule has 4 heteroatoms. The second-order valence-electron chi connectivity index (χ2n) is 6.17. The Morgan fingerprint density at radius 1 is 1.50 bits per heavy atom. The number of carbonyl (C=O) groups is 1. The molecule has 2 atom stereocenters. The Labute approximate surface area is 97.6 Å². The molecule has 1 amide bonds. The zero-order valence-corrected chi connectivity index (χ0v) is 10.9. The summed E-state index contributed by atoms with van der Waals surface area (Å²) in [4.78, 5) is 13.4. The van der Waals surface area contributed by atoms with Gasteiger partial charge in [-0.15, -0.1) is 0 Å². The van der Waals surface area contributed by atoms with Gasteiger partial charge in [0.05, 0.1) is 12.1 Å². The molecule has 0 bridgehead atoms. The largest absolute Gasteiger partial charge is 0.444 e. The maximum atomic E-state index is 11.8. The van der Waals surface area contributed by atoms with E-state index in [4.69, 9.17) is 4.74 Å². The molecule has 1 unspecified atom stereocenters. The molecule has 1 saturated heterocycles. The van der Waals surface area contributed by atoms with Gasteiger partial charge >= 0.3 is 6.09 Å². The van der Waals surface area contributed by atoms with Gasteiger partial charge in [-0.3, -0.25) is 0 Å². The van der Waals surface area contributed by atoms with Crippen LogP contribution in [-0.4, -0.2) is 40.4 Å². The minimum absolute atomic E-state index is 0.302. The van der Waals surface area contributed by atoms with Gasteiger partial charge < -0.3 is 14.7 Å². The van der Waals surface area contributed by atoms with Crippen LogP contribution in [0.3, 0.4) is 0 Å². The van der Waals surface area contributed by atoms with E-state index in [1.807, 2.05) is 27.7 Å². The van der Waals surface area contributed by atoms with Gasteiger partial charge in [-0.25, -0.2) is 4.79 Å². The number of amides is 1. The molecule has 1 aliphatic heterocycles. The molecule has 0 aliphatic carbocycles. The fraction of sp³-hybridized carbons (Fsp3) is 0.917. The fourth-order valence-electron chi connectivity index (χ4n) is 2.20. The first-order valence-corrected chi connectivity index (χ1v) is 5.79. The standard InChI is InChI=1S/C12H23NO3/c1-9-6-12(5,15)8-13(7-9)10(14)16-11(2,3)4/h9,15H,6-8H2,1-5H3/t9-,12?/m1/s1. The molecule has 1 aliphatic rings. The van der Waals surface area contributed by atoms with Gasteiger partial charge in [0.15, 0.2) is 0 Å². The molecule has 0 aromatic carbocycles. The van der Waals surface area contributed by atoms with Crippen molar-refractivity contribution in [3.63, 3.8) is 0 Å². The number of piperidine rings is 1. The van der Waals surface area contributed by atoms with Crippen LogP contribution >= 0.6 is 0 Å². The maximum Gasteiger partial charge on any atom is 0.410 e. The van der Waals surface area contributed by atoms with E-state index in [1.165, 1.54) is 0 Å². The summed E-state index contributed by atoms with van der Waals surface area (Å²) in [6.45, 7) is 10.3. The second kappa shape index (κ2) is 4.24. The Balaban J connectivity index is 2.63. The Morgan fingerprint density at radius 3 is 2.50 bits per heavy atom. The summed E-state index contributed by atoms with van der Waals surface area (Å²) in [6.07, 6.45) is 0.395. The van der Waals surface area contributed by atoms with E-state index in [0.29, 0.717) is 19.0 Å². The van der Waals surface area contributed by atoms with Gasteiger partial charge in [-0.2, -0.15) is 0 Å². The first-order valence-electron chi connectivity index (χ1n) is 5.79. The number of carbonyl (C=O) groups excluding carboxylic acids is 1. The van der Waals surface area contributed by atoms with Gasteiger partial charge in [0.1, 0.15) is 5.60 Å². The van der Waals surface area contributed by atoms with Gasteiger partial charge in [0.2, 0.25) is 0 Å². The van der Waals surface area contributed by atoms with Gasteiger partial charge in [0.25, 0.3) is 0 Å². The molecule has 1 heterocycles. The summed E-state index contributed by atoms with van der Waals surface area (Å²) in [6, 6.07) is 0. The van der Waals surface area contributed by atoms with Gasteiger partial charge in [-0.1, -0.05) is 6.92 Å². The summed E-state index contributed by atoms with van der Waals surface area (Å²) in [5.41, 5.74) is -1.28. The Hall–Kier alpha value is -0.770. The minimum Gasteiger partial charge on any atom is -0.444 e. The fourth-order valence-corrected chi connectivity index (χ4v) is 2.20. The zero-order valence-electron chi connectivity index (χ0n) is 10.9. The number of hydrogen-bond acceptors (Lipinski definition) is 3. The number of nitrogens with zero attached hydrogens (tertiary/aromatic N) is 1. The average Bonchev–Trinajstić information content (AvgIpc) is 1.96. The Kier molecular flexibility index (Phi) is 3.53. The highest BCUT2D eigenvalue weighted by atomic mass is 16.6. The van der Waals surface area contributed by atoms with Gasteiger partial charge in [-0.05, 0) is 40.0 Å². The van der Waals surface area contributed by atoms with Crippen LogP contribution in [0.5, 0.6) is 0 Å². The Morgan fingerprint density at radius 2 is 2.06 bits per heavy atom. The molecule has 0 saturated carbocycles. The molecule has 4 nitrogen and oxygen atoms in total. The molecule has 1 fully saturated rings. The summed E-state index contributed by atoms with van der Waals surface area (Å²) in [5, 5.41) is 10.0. The summed E-state index contributed by atoms with van der Waals surface area (Å²) < 4.78 is 5.29. The zero-order chi connectivity index (χ0) is 12.6. The molecule has 94 valence electrons. The molecule has 1 rings (SSSR count). The van der Waals surface area contributed by atoms with E-state index in [9.17, 15) is 9.90 Å². The SMILES string of the molecule is C[C@H]1CN(C(=O)OC(C)(C)C)CC(C)(O)C1. The highest BCUT2D eigenvalue weighted by Crippen LogP contribution is 2.26. The van der Waals surface area contributed by atoms with E-state index in [0.717, 1.165) is 6.42 Å². The molecule has 0 radical (unpaired) electrons. The van der Waals surface area contributed by atoms with E-state index >= 15 is 0 Å². The Bertz CT molecular complexity index is 268. The minimum atomic E-state index is -0.797. The lowest BCUT2D eigenvalue weighted by Crippen LogP contribution is -2.52. The van der Waals surface area contributed by atoms with Crippen molar-refractivity contribution < 1.29 is 14.6 Å². The normalized spacial score (nSPS) is 31.4. The van der Waals surface area contributed by atoms with Gasteiger partial charge in [0, 0.05) is 6.54 Å². The maximum absolute atomic E-state index is 11.8. The number of ether oxygens (including phenoxy) is 1. The van der Waals surface area contributed by atoms with E-state index in [-0.39, 0.29) is 6.09 Å². The van der Waals surface area contributed by atoms with E-state index in [1.54, 1.807) is 11.8 Å². The summed E-state index contributed by atoms with van der Waals surface area (Å²) >= 11 is 0. The number of aliphatic hydroxyl groups is 1. The molecule has 0 spiro atoms. The van der Waals surface area contributed by atoms with E-state index in [2.05, 4.69) is 0 Å². The van der Waals surface area contributed by atoms with Crippen LogP contribution in [0.25, 0.3) is 0 Å². The summed E-state index contributed by atoms with van der Waals surface area (Å²) in [7, 11) is 0. The second-order valence-corrected chi connectivity index (χ2v) is 6.17. The molecular formula is C12H23NO3. The predicted octanol–water partition coefficient (Wildman–Crippen LogP) is 2.01. The molecule has 0 aromatic rings. The van der Waals surface area contributed by atoms with Crippen LogP contribution in [0, 0.1) is 5.92 Å². The molecular weight excluding hydrogens is 206 g/mol. The topological polar surface area (TPSA) is 49.8 Å². The average molecular weight is 229 g/mol. The van der Waals surface area contributed by atoms with Crippen molar-refractivity contribution in [2.45, 2.75) is 52.2 Å².